The van der Waals surface area contributed by atoms with E-state index in [0.717, 1.165) is 36.3 Å². The highest BCUT2D eigenvalue weighted by molar-refractivity contribution is 5.85. The lowest BCUT2D eigenvalue weighted by molar-refractivity contribution is -0.132. The first-order chi connectivity index (χ1) is 11.8. The molecule has 1 fully saturated rings. The van der Waals surface area contributed by atoms with Crippen LogP contribution in [0.4, 0.5) is 0 Å². The highest BCUT2D eigenvalue weighted by Gasteiger charge is 2.27. The predicted molar refractivity (Wildman–Crippen MR) is 103 cm³/mol. The van der Waals surface area contributed by atoms with Crippen LogP contribution < -0.4 is 10.5 Å². The fraction of sp³-hybridized carbons (Fsp3) is 0.350. The van der Waals surface area contributed by atoms with Gasteiger partial charge in [-0.15, -0.1) is 12.4 Å². The molecule has 2 aromatic rings. The van der Waals surface area contributed by atoms with Crippen LogP contribution in [0.5, 0.6) is 5.75 Å². The summed E-state index contributed by atoms with van der Waals surface area (Å²) in [5.41, 5.74) is 7.90. The monoisotopic (exact) mass is 360 g/mol. The van der Waals surface area contributed by atoms with Gasteiger partial charge in [0.15, 0.2) is 0 Å². The van der Waals surface area contributed by atoms with Crippen LogP contribution in [0.25, 0.3) is 11.1 Å². The predicted octanol–water partition coefficient (Wildman–Crippen LogP) is 3.49. The Balaban J connectivity index is 0.00000225. The zero-order valence-electron chi connectivity index (χ0n) is 14.3. The number of halogens is 1. The Morgan fingerprint density at radius 2 is 1.84 bits per heavy atom. The van der Waals surface area contributed by atoms with Gasteiger partial charge in [-0.1, -0.05) is 48.5 Å². The van der Waals surface area contributed by atoms with Crippen LogP contribution >= 0.6 is 12.4 Å². The molecule has 4 nitrogen and oxygen atoms in total. The summed E-state index contributed by atoms with van der Waals surface area (Å²) < 4.78 is 5.91. The molecule has 134 valence electrons. The van der Waals surface area contributed by atoms with E-state index >= 15 is 0 Å². The number of likely N-dealkylation sites (tertiary alicyclic amines) is 1. The molecule has 1 atom stereocenters. The highest BCUT2D eigenvalue weighted by atomic mass is 35.5. The minimum Gasteiger partial charge on any atom is -0.492 e. The summed E-state index contributed by atoms with van der Waals surface area (Å²) in [6.45, 7) is 1.75. The van der Waals surface area contributed by atoms with Gasteiger partial charge in [0.1, 0.15) is 5.75 Å². The van der Waals surface area contributed by atoms with Crippen molar-refractivity contribution < 1.29 is 9.53 Å². The topological polar surface area (TPSA) is 55.6 Å². The molecule has 1 saturated heterocycles. The third-order valence-electron chi connectivity index (χ3n) is 4.51. The molecule has 0 saturated carbocycles. The molecule has 2 N–H and O–H groups in total. The Bertz CT molecular complexity index is 678. The van der Waals surface area contributed by atoms with Crippen molar-refractivity contribution in [1.29, 1.82) is 0 Å². The van der Waals surface area contributed by atoms with E-state index < -0.39 is 0 Å². The standard InChI is InChI=1S/C20H24N2O2.ClH/c21-15-17-9-6-13-22(17)20(23)12-14-24-19-11-5-4-10-18(19)16-7-2-1-3-8-16;/h1-5,7-8,10-11,17H,6,9,12-15,21H2;1H. The Labute approximate surface area is 155 Å². The molecule has 3 rings (SSSR count). The van der Waals surface area contributed by atoms with Crippen molar-refractivity contribution >= 4 is 18.3 Å². The summed E-state index contributed by atoms with van der Waals surface area (Å²) in [5, 5.41) is 0. The number of carbonyl (C=O) groups excluding carboxylic acids is 1. The molecule has 0 spiro atoms. The molecule has 1 heterocycles. The lowest BCUT2D eigenvalue weighted by Gasteiger charge is -2.23. The maximum atomic E-state index is 12.4. The first-order valence-electron chi connectivity index (χ1n) is 8.56. The SMILES string of the molecule is Cl.NCC1CCCN1C(=O)CCOc1ccccc1-c1ccccc1. The van der Waals surface area contributed by atoms with Gasteiger partial charge in [0, 0.05) is 24.7 Å². The van der Waals surface area contributed by atoms with Crippen LogP contribution in [0, 0.1) is 0 Å². The second-order valence-corrected chi connectivity index (χ2v) is 6.08. The maximum Gasteiger partial charge on any atom is 0.226 e. The molecule has 2 aromatic carbocycles. The van der Waals surface area contributed by atoms with E-state index in [1.807, 2.05) is 47.4 Å². The Morgan fingerprint density at radius 1 is 1.12 bits per heavy atom. The van der Waals surface area contributed by atoms with Gasteiger partial charge >= 0.3 is 0 Å². The number of nitrogens with zero attached hydrogens (tertiary/aromatic N) is 1. The quantitative estimate of drug-likeness (QED) is 0.857. The molecule has 0 aliphatic carbocycles. The van der Waals surface area contributed by atoms with Crippen molar-refractivity contribution in [2.24, 2.45) is 5.73 Å². The lowest BCUT2D eigenvalue weighted by Crippen LogP contribution is -2.40. The van der Waals surface area contributed by atoms with Crippen LogP contribution in [0.1, 0.15) is 19.3 Å². The number of amides is 1. The largest absolute Gasteiger partial charge is 0.492 e. The fourth-order valence-electron chi connectivity index (χ4n) is 3.25. The van der Waals surface area contributed by atoms with Crippen LogP contribution in [-0.4, -0.2) is 36.5 Å². The maximum absolute atomic E-state index is 12.4. The second kappa shape index (κ2) is 9.44. The van der Waals surface area contributed by atoms with Gasteiger partial charge < -0.3 is 15.4 Å². The van der Waals surface area contributed by atoms with Gasteiger partial charge in [0.2, 0.25) is 5.91 Å². The number of para-hydroxylation sites is 1. The van der Waals surface area contributed by atoms with Crippen molar-refractivity contribution in [3.63, 3.8) is 0 Å². The smallest absolute Gasteiger partial charge is 0.226 e. The lowest BCUT2D eigenvalue weighted by atomic mass is 10.1. The third-order valence-corrected chi connectivity index (χ3v) is 4.51. The summed E-state index contributed by atoms with van der Waals surface area (Å²) in [6.07, 6.45) is 2.45. The summed E-state index contributed by atoms with van der Waals surface area (Å²) in [5.74, 6) is 0.952. The van der Waals surface area contributed by atoms with Gasteiger partial charge in [-0.2, -0.15) is 0 Å². The molecular formula is C20H25ClN2O2. The van der Waals surface area contributed by atoms with Gasteiger partial charge in [-0.05, 0) is 24.5 Å². The van der Waals surface area contributed by atoms with Crippen LogP contribution in [0.2, 0.25) is 0 Å². The van der Waals surface area contributed by atoms with E-state index in [0.29, 0.717) is 19.6 Å². The van der Waals surface area contributed by atoms with E-state index in [-0.39, 0.29) is 24.4 Å². The van der Waals surface area contributed by atoms with Crippen LogP contribution in [-0.2, 0) is 4.79 Å². The molecule has 25 heavy (non-hydrogen) atoms. The Hall–Kier alpha value is -2.04. The summed E-state index contributed by atoms with van der Waals surface area (Å²) in [7, 11) is 0. The van der Waals surface area contributed by atoms with Crippen LogP contribution in [0.3, 0.4) is 0 Å². The average molecular weight is 361 g/mol. The van der Waals surface area contributed by atoms with Gasteiger partial charge in [-0.3, -0.25) is 4.79 Å². The Kier molecular flexibility index (Phi) is 7.29. The molecule has 0 radical (unpaired) electrons. The van der Waals surface area contributed by atoms with Crippen molar-refractivity contribution in [1.82, 2.24) is 4.90 Å². The molecule has 1 aliphatic heterocycles. The number of nitrogens with two attached hydrogens (primary N) is 1. The Morgan fingerprint density at radius 3 is 2.60 bits per heavy atom. The third kappa shape index (κ3) is 4.74. The number of ether oxygens (including phenoxy) is 1. The number of carbonyl (C=O) groups is 1. The molecule has 1 aliphatic rings. The normalized spacial score (nSPS) is 16.4. The number of hydrogen-bond acceptors (Lipinski definition) is 3. The molecule has 1 unspecified atom stereocenters. The molecule has 0 bridgehead atoms. The van der Waals surface area contributed by atoms with Gasteiger partial charge in [0.05, 0.1) is 13.0 Å². The van der Waals surface area contributed by atoms with E-state index in [1.165, 1.54) is 0 Å². The second-order valence-electron chi connectivity index (χ2n) is 6.08. The first-order valence-corrected chi connectivity index (χ1v) is 8.56. The van der Waals surface area contributed by atoms with Crippen molar-refractivity contribution in [2.45, 2.75) is 25.3 Å². The minimum atomic E-state index is 0. The number of benzene rings is 2. The zero-order valence-corrected chi connectivity index (χ0v) is 15.1. The van der Waals surface area contributed by atoms with E-state index in [2.05, 4.69) is 12.1 Å². The summed E-state index contributed by atoms with van der Waals surface area (Å²) in [6, 6.07) is 18.3. The first kappa shape index (κ1) is 19.3. The van der Waals surface area contributed by atoms with E-state index in [4.69, 9.17) is 10.5 Å². The number of hydrogen-bond donors (Lipinski definition) is 1. The summed E-state index contributed by atoms with van der Waals surface area (Å²) in [4.78, 5) is 14.3. The zero-order chi connectivity index (χ0) is 16.8. The van der Waals surface area contributed by atoms with E-state index in [9.17, 15) is 4.79 Å². The molecule has 1 amide bonds. The fourth-order valence-corrected chi connectivity index (χ4v) is 3.25. The minimum absolute atomic E-state index is 0. The van der Waals surface area contributed by atoms with Crippen molar-refractivity contribution in [3.05, 3.63) is 54.6 Å². The molecule has 5 heteroatoms. The molecule has 0 aromatic heterocycles. The highest BCUT2D eigenvalue weighted by Crippen LogP contribution is 2.29. The summed E-state index contributed by atoms with van der Waals surface area (Å²) >= 11 is 0. The van der Waals surface area contributed by atoms with Gasteiger partial charge in [-0.25, -0.2) is 0 Å². The van der Waals surface area contributed by atoms with Crippen molar-refractivity contribution in [2.75, 3.05) is 19.7 Å². The van der Waals surface area contributed by atoms with Gasteiger partial charge in [0.25, 0.3) is 0 Å². The van der Waals surface area contributed by atoms with Crippen LogP contribution in [0.15, 0.2) is 54.6 Å². The molecular weight excluding hydrogens is 336 g/mol. The van der Waals surface area contributed by atoms with Crippen molar-refractivity contribution in [3.8, 4) is 16.9 Å². The average Bonchev–Trinajstić information content (AvgIpc) is 3.12. The number of rotatable bonds is 6. The van der Waals surface area contributed by atoms with E-state index in [1.54, 1.807) is 0 Å².